The number of nitrogens with zero attached hydrogens (tertiary/aromatic N) is 2. The van der Waals surface area contributed by atoms with Crippen LogP contribution in [0.2, 0.25) is 0 Å². The summed E-state index contributed by atoms with van der Waals surface area (Å²) >= 11 is 3.29. The van der Waals surface area contributed by atoms with Crippen LogP contribution in [0.5, 0.6) is 0 Å². The predicted octanol–water partition coefficient (Wildman–Crippen LogP) is 0.759. The highest BCUT2D eigenvalue weighted by Gasteiger charge is 2.28. The first kappa shape index (κ1) is 12.1. The van der Waals surface area contributed by atoms with Gasteiger partial charge in [-0.25, -0.2) is 9.97 Å². The summed E-state index contributed by atoms with van der Waals surface area (Å²) in [5.41, 5.74) is 5.61. The molecule has 4 N–H and O–H groups in total. The molecular weight excluding hydrogens is 286 g/mol. The maximum atomic E-state index is 11.3. The molecular formula is C10H14BrN5O. The first-order chi connectivity index (χ1) is 8.18. The lowest BCUT2D eigenvalue weighted by molar-refractivity contribution is -0.122. The Labute approximate surface area is 108 Å². The van der Waals surface area contributed by atoms with E-state index in [9.17, 15) is 4.79 Å². The number of hydrogen-bond acceptors (Lipinski definition) is 5. The van der Waals surface area contributed by atoms with Gasteiger partial charge in [-0.1, -0.05) is 0 Å². The molecule has 1 aromatic heterocycles. The van der Waals surface area contributed by atoms with Gasteiger partial charge in [0.15, 0.2) is 0 Å². The third kappa shape index (κ3) is 3.29. The number of nitrogens with two attached hydrogens (primary N) is 1. The number of nitrogens with one attached hydrogen (secondary N) is 2. The van der Waals surface area contributed by atoms with E-state index in [1.165, 1.54) is 6.33 Å². The summed E-state index contributed by atoms with van der Waals surface area (Å²) in [7, 11) is 0. The van der Waals surface area contributed by atoms with Crippen molar-refractivity contribution in [2.24, 2.45) is 5.92 Å². The van der Waals surface area contributed by atoms with Crippen LogP contribution in [0.1, 0.15) is 12.8 Å². The summed E-state index contributed by atoms with van der Waals surface area (Å²) in [5, 5.41) is 5.93. The molecule has 0 atom stereocenters. The van der Waals surface area contributed by atoms with Crippen molar-refractivity contribution < 1.29 is 4.79 Å². The molecule has 0 saturated heterocycles. The molecule has 0 unspecified atom stereocenters. The number of halogens is 1. The highest BCUT2D eigenvalue weighted by atomic mass is 79.9. The normalized spacial score (nSPS) is 14.4. The van der Waals surface area contributed by atoms with Crippen LogP contribution in [0.25, 0.3) is 0 Å². The Morgan fingerprint density at radius 2 is 2.24 bits per heavy atom. The van der Waals surface area contributed by atoms with E-state index < -0.39 is 0 Å². The van der Waals surface area contributed by atoms with Crippen molar-refractivity contribution in [1.29, 1.82) is 0 Å². The summed E-state index contributed by atoms with van der Waals surface area (Å²) < 4.78 is 0.647. The van der Waals surface area contributed by atoms with Crippen LogP contribution in [0.4, 0.5) is 11.6 Å². The third-order valence-corrected chi connectivity index (χ3v) is 3.26. The van der Waals surface area contributed by atoms with E-state index in [0.29, 0.717) is 29.2 Å². The van der Waals surface area contributed by atoms with Crippen LogP contribution in [0.15, 0.2) is 10.8 Å². The average Bonchev–Trinajstić information content (AvgIpc) is 3.13. The number of nitrogen functional groups attached to an aromatic ring is 1. The summed E-state index contributed by atoms with van der Waals surface area (Å²) in [6, 6.07) is 0. The quantitative estimate of drug-likeness (QED) is 0.698. The van der Waals surface area contributed by atoms with Gasteiger partial charge in [0.2, 0.25) is 5.91 Å². The zero-order valence-corrected chi connectivity index (χ0v) is 10.8. The lowest BCUT2D eigenvalue weighted by Gasteiger charge is -2.08. The van der Waals surface area contributed by atoms with Crippen molar-refractivity contribution in [2.45, 2.75) is 12.8 Å². The smallest absolute Gasteiger partial charge is 0.223 e. The van der Waals surface area contributed by atoms with Gasteiger partial charge in [0, 0.05) is 19.0 Å². The number of hydrogen-bond donors (Lipinski definition) is 3. The molecule has 17 heavy (non-hydrogen) atoms. The number of carbonyl (C=O) groups is 1. The highest BCUT2D eigenvalue weighted by molar-refractivity contribution is 9.10. The maximum absolute atomic E-state index is 11.3. The first-order valence-corrected chi connectivity index (χ1v) is 6.25. The zero-order chi connectivity index (χ0) is 12.3. The Bertz CT molecular complexity index is 421. The number of carbonyl (C=O) groups excluding carboxylic acids is 1. The van der Waals surface area contributed by atoms with Gasteiger partial charge in [-0.05, 0) is 28.8 Å². The Morgan fingerprint density at radius 1 is 1.47 bits per heavy atom. The minimum absolute atomic E-state index is 0.146. The molecule has 1 aliphatic carbocycles. The van der Waals surface area contributed by atoms with Crippen LogP contribution in [-0.2, 0) is 4.79 Å². The molecule has 1 fully saturated rings. The Hall–Kier alpha value is -1.37. The first-order valence-electron chi connectivity index (χ1n) is 5.46. The molecule has 0 aliphatic heterocycles. The molecule has 2 rings (SSSR count). The van der Waals surface area contributed by atoms with Crippen molar-refractivity contribution >= 4 is 33.5 Å². The molecule has 1 heterocycles. The lowest BCUT2D eigenvalue weighted by Crippen LogP contribution is -2.30. The van der Waals surface area contributed by atoms with Gasteiger partial charge in [-0.3, -0.25) is 4.79 Å². The molecule has 1 saturated carbocycles. The van der Waals surface area contributed by atoms with Crippen LogP contribution in [0.3, 0.4) is 0 Å². The molecule has 0 bridgehead atoms. The van der Waals surface area contributed by atoms with Gasteiger partial charge in [-0.15, -0.1) is 0 Å². The van der Waals surface area contributed by atoms with Crippen LogP contribution in [0, 0.1) is 5.92 Å². The van der Waals surface area contributed by atoms with Crippen molar-refractivity contribution in [1.82, 2.24) is 15.3 Å². The fourth-order valence-corrected chi connectivity index (χ4v) is 1.71. The third-order valence-electron chi connectivity index (χ3n) is 2.48. The van der Waals surface area contributed by atoms with E-state index >= 15 is 0 Å². The molecule has 7 heteroatoms. The summed E-state index contributed by atoms with van der Waals surface area (Å²) in [6.45, 7) is 1.18. The predicted molar refractivity (Wildman–Crippen MR) is 68.4 cm³/mol. The molecule has 1 amide bonds. The van der Waals surface area contributed by atoms with Crippen molar-refractivity contribution in [2.75, 3.05) is 24.1 Å². The Balaban J connectivity index is 1.74. The fourth-order valence-electron chi connectivity index (χ4n) is 1.36. The summed E-state index contributed by atoms with van der Waals surface area (Å²) in [6.07, 6.45) is 3.44. The van der Waals surface area contributed by atoms with Gasteiger partial charge in [0.25, 0.3) is 0 Å². The van der Waals surface area contributed by atoms with E-state index in [4.69, 9.17) is 5.73 Å². The van der Waals surface area contributed by atoms with Gasteiger partial charge in [-0.2, -0.15) is 0 Å². The van der Waals surface area contributed by atoms with Crippen LogP contribution in [-0.4, -0.2) is 29.0 Å². The topological polar surface area (TPSA) is 92.9 Å². The van der Waals surface area contributed by atoms with E-state index in [-0.39, 0.29) is 11.8 Å². The van der Waals surface area contributed by atoms with E-state index in [1.807, 2.05) is 0 Å². The van der Waals surface area contributed by atoms with Gasteiger partial charge >= 0.3 is 0 Å². The number of anilines is 2. The van der Waals surface area contributed by atoms with E-state index in [2.05, 4.69) is 36.5 Å². The molecule has 0 radical (unpaired) electrons. The minimum atomic E-state index is 0.146. The fraction of sp³-hybridized carbons (Fsp3) is 0.500. The average molecular weight is 300 g/mol. The summed E-state index contributed by atoms with van der Waals surface area (Å²) in [5.74, 6) is 1.42. The van der Waals surface area contributed by atoms with Gasteiger partial charge in [0.1, 0.15) is 22.4 Å². The SMILES string of the molecule is Nc1ncnc(NCCNC(=O)C2CC2)c1Br. The molecule has 1 aromatic rings. The second-order valence-corrected chi connectivity index (χ2v) is 4.71. The van der Waals surface area contributed by atoms with Crippen molar-refractivity contribution in [3.8, 4) is 0 Å². The molecule has 0 spiro atoms. The van der Waals surface area contributed by atoms with Gasteiger partial charge < -0.3 is 16.4 Å². The largest absolute Gasteiger partial charge is 0.383 e. The molecule has 0 aromatic carbocycles. The number of amides is 1. The number of rotatable bonds is 5. The molecule has 1 aliphatic rings. The minimum Gasteiger partial charge on any atom is -0.383 e. The second-order valence-electron chi connectivity index (χ2n) is 3.91. The van der Waals surface area contributed by atoms with Crippen molar-refractivity contribution in [3.05, 3.63) is 10.8 Å². The van der Waals surface area contributed by atoms with Crippen LogP contribution >= 0.6 is 15.9 Å². The Morgan fingerprint density at radius 3 is 2.94 bits per heavy atom. The van der Waals surface area contributed by atoms with Crippen molar-refractivity contribution in [3.63, 3.8) is 0 Å². The highest BCUT2D eigenvalue weighted by Crippen LogP contribution is 2.28. The van der Waals surface area contributed by atoms with E-state index in [0.717, 1.165) is 12.8 Å². The monoisotopic (exact) mass is 299 g/mol. The number of aromatic nitrogens is 2. The second kappa shape index (κ2) is 5.31. The van der Waals surface area contributed by atoms with E-state index in [1.54, 1.807) is 0 Å². The standard InChI is InChI=1S/C10H14BrN5O/c11-7-8(12)15-5-16-9(7)13-3-4-14-10(17)6-1-2-6/h5-6H,1-4H2,(H,14,17)(H3,12,13,15,16). The van der Waals surface area contributed by atoms with Gasteiger partial charge in [0.05, 0.1) is 0 Å². The Kier molecular flexibility index (Phi) is 3.78. The summed E-state index contributed by atoms with van der Waals surface area (Å²) in [4.78, 5) is 19.2. The molecule has 6 nitrogen and oxygen atoms in total. The molecule has 92 valence electrons. The lowest BCUT2D eigenvalue weighted by atomic mass is 10.4. The maximum Gasteiger partial charge on any atom is 0.223 e. The zero-order valence-electron chi connectivity index (χ0n) is 9.24. The van der Waals surface area contributed by atoms with Crippen LogP contribution < -0.4 is 16.4 Å².